The number of carbonyl (C=O) groups excluding carboxylic acids is 4. The fourth-order valence-corrected chi connectivity index (χ4v) is 9.58. The molecule has 17 heteroatoms. The fourth-order valence-electron chi connectivity index (χ4n) is 8.74. The number of benzene rings is 2. The van der Waals surface area contributed by atoms with Crippen LogP contribution in [0.4, 0.5) is 15.3 Å². The molecule has 5 aromatic rings. The van der Waals surface area contributed by atoms with E-state index < -0.39 is 24.3 Å². The average Bonchev–Trinajstić information content (AvgIpc) is 4.10. The Bertz CT molecular complexity index is 2470. The van der Waals surface area contributed by atoms with E-state index in [4.69, 9.17) is 29.4 Å². The summed E-state index contributed by atoms with van der Waals surface area (Å²) in [6.07, 6.45) is 8.13. The number of nitrogens with zero attached hydrogens (tertiary/aromatic N) is 6. The maximum Gasteiger partial charge on any atom is 0.407 e. The second kappa shape index (κ2) is 16.9. The van der Waals surface area contributed by atoms with Crippen LogP contribution in [-0.4, -0.2) is 104 Å². The number of rotatable bonds is 11. The van der Waals surface area contributed by atoms with Crippen LogP contribution >= 0.6 is 11.3 Å². The third-order valence-corrected chi connectivity index (χ3v) is 12.7. The largest absolute Gasteiger partial charge is 0.453 e. The number of carbonyl (C=O) groups is 4. The van der Waals surface area contributed by atoms with Crippen LogP contribution in [0.5, 0.6) is 0 Å². The summed E-state index contributed by atoms with van der Waals surface area (Å²) in [7, 11) is 2.58. The molecule has 0 spiro atoms. The zero-order valence-corrected chi connectivity index (χ0v) is 35.4. The van der Waals surface area contributed by atoms with Crippen molar-refractivity contribution in [2.45, 2.75) is 84.0 Å². The van der Waals surface area contributed by atoms with Crippen LogP contribution < -0.4 is 10.6 Å². The van der Waals surface area contributed by atoms with E-state index in [1.54, 1.807) is 11.3 Å². The zero-order valence-electron chi connectivity index (χ0n) is 34.6. The standard InChI is InChI=1S/C43H50N10O6S/c1-22(2)33(50-42(56)58-5)40(54)52-17-7-9-31(52)38-45-19-29(48-38)24-11-12-25(35-27(24)15-16-44-35)26-13-14-28(37-36(26)47-21-60-37)30-20-46-39(49-30)32-10-8-18-53(32)41(55)34(23(3)4)51-43(57)59-6/h11-14,16,19-23,31-34H,7-10,15,17-18H2,1-6H3,(H,45,48)(H,46,49)(H,50,56)(H,51,57)/t31-,32-,33-,34-/m0/s1. The van der Waals surface area contributed by atoms with Gasteiger partial charge in [-0.3, -0.25) is 14.6 Å². The van der Waals surface area contributed by atoms with Crippen LogP contribution in [-0.2, 0) is 25.5 Å². The molecule has 6 heterocycles. The number of hydrogen-bond acceptors (Lipinski definition) is 11. The number of amides is 4. The Morgan fingerprint density at radius 2 is 1.25 bits per heavy atom. The molecule has 60 heavy (non-hydrogen) atoms. The van der Waals surface area contributed by atoms with Crippen molar-refractivity contribution in [1.29, 1.82) is 0 Å². The first-order chi connectivity index (χ1) is 29.0. The third kappa shape index (κ3) is 7.50. The molecular formula is C43H50N10O6S. The van der Waals surface area contributed by atoms with Gasteiger partial charge in [-0.15, -0.1) is 11.3 Å². The smallest absolute Gasteiger partial charge is 0.407 e. The number of aromatic nitrogens is 5. The number of methoxy groups -OCH3 is 2. The van der Waals surface area contributed by atoms with Crippen LogP contribution in [0, 0.1) is 11.8 Å². The third-order valence-electron chi connectivity index (χ3n) is 11.8. The molecule has 0 bridgehead atoms. The summed E-state index contributed by atoms with van der Waals surface area (Å²) in [5.41, 5.74) is 10.2. The minimum absolute atomic E-state index is 0.124. The highest BCUT2D eigenvalue weighted by atomic mass is 32.1. The molecule has 2 fully saturated rings. The number of fused-ring (bicyclic) bond motifs is 2. The maximum absolute atomic E-state index is 13.7. The zero-order chi connectivity index (χ0) is 42.2. The molecule has 0 unspecified atom stereocenters. The van der Waals surface area contributed by atoms with Crippen molar-refractivity contribution in [3.63, 3.8) is 0 Å². The molecule has 2 aromatic carbocycles. The van der Waals surface area contributed by atoms with Crippen molar-refractivity contribution >= 4 is 57.5 Å². The highest BCUT2D eigenvalue weighted by molar-refractivity contribution is 7.17. The van der Waals surface area contributed by atoms with Crippen molar-refractivity contribution in [3.8, 4) is 33.6 Å². The van der Waals surface area contributed by atoms with Gasteiger partial charge >= 0.3 is 12.2 Å². The first-order valence-corrected chi connectivity index (χ1v) is 21.3. The van der Waals surface area contributed by atoms with Crippen molar-refractivity contribution in [2.75, 3.05) is 27.3 Å². The quantitative estimate of drug-likeness (QED) is 0.107. The summed E-state index contributed by atoms with van der Waals surface area (Å²) in [6.45, 7) is 8.75. The summed E-state index contributed by atoms with van der Waals surface area (Å²) >= 11 is 1.55. The van der Waals surface area contributed by atoms with E-state index in [0.29, 0.717) is 31.2 Å². The molecule has 4 N–H and O–H groups in total. The van der Waals surface area contributed by atoms with Gasteiger partial charge in [0, 0.05) is 48.0 Å². The fraction of sp³-hybridized carbons (Fsp3) is 0.442. The Morgan fingerprint density at radius 3 is 1.80 bits per heavy atom. The topological polar surface area (TPSA) is 200 Å². The second-order valence-corrected chi connectivity index (χ2v) is 17.0. The predicted molar refractivity (Wildman–Crippen MR) is 228 cm³/mol. The number of H-pyrrole nitrogens is 2. The van der Waals surface area contributed by atoms with E-state index in [2.05, 4.69) is 44.9 Å². The molecule has 16 nitrogen and oxygen atoms in total. The Hall–Kier alpha value is -6.10. The van der Waals surface area contributed by atoms with Gasteiger partial charge in [0.25, 0.3) is 0 Å². The number of hydrogen-bond donors (Lipinski definition) is 4. The Morgan fingerprint density at radius 1 is 0.733 bits per heavy atom. The molecule has 3 aliphatic rings. The molecule has 0 saturated carbocycles. The van der Waals surface area contributed by atoms with Crippen LogP contribution in [0.2, 0.25) is 0 Å². The van der Waals surface area contributed by atoms with Crippen molar-refractivity contribution < 1.29 is 28.7 Å². The van der Waals surface area contributed by atoms with Gasteiger partial charge in [-0.1, -0.05) is 52.0 Å². The van der Waals surface area contributed by atoms with Gasteiger partial charge in [0.15, 0.2) is 0 Å². The van der Waals surface area contributed by atoms with Crippen LogP contribution in [0.3, 0.4) is 0 Å². The number of thiazole rings is 1. The lowest BCUT2D eigenvalue weighted by atomic mass is 9.93. The molecule has 0 aliphatic carbocycles. The van der Waals surface area contributed by atoms with Crippen molar-refractivity contribution in [2.24, 2.45) is 16.8 Å². The van der Waals surface area contributed by atoms with E-state index in [9.17, 15) is 19.2 Å². The van der Waals surface area contributed by atoms with Crippen molar-refractivity contribution in [3.05, 3.63) is 59.4 Å². The average molecular weight is 835 g/mol. The second-order valence-electron chi connectivity index (χ2n) is 16.2. The summed E-state index contributed by atoms with van der Waals surface area (Å²) in [4.78, 5) is 81.5. The lowest BCUT2D eigenvalue weighted by molar-refractivity contribution is -0.136. The molecule has 3 aromatic heterocycles. The van der Waals surface area contributed by atoms with Crippen LogP contribution in [0.15, 0.2) is 47.2 Å². The number of alkyl carbamates (subject to hydrolysis) is 2. The predicted octanol–water partition coefficient (Wildman–Crippen LogP) is 7.09. The van der Waals surface area contributed by atoms with Gasteiger partial charge in [0.1, 0.15) is 23.7 Å². The Balaban J connectivity index is 1.04. The number of nitrogens with one attached hydrogen (secondary N) is 4. The summed E-state index contributed by atoms with van der Waals surface area (Å²) in [6, 6.07) is 6.43. The van der Waals surface area contributed by atoms with E-state index >= 15 is 0 Å². The lowest BCUT2D eigenvalue weighted by Crippen LogP contribution is -2.51. The lowest BCUT2D eigenvalue weighted by Gasteiger charge is -2.30. The van der Waals surface area contributed by atoms with Gasteiger partial charge in [-0.2, -0.15) is 0 Å². The van der Waals surface area contributed by atoms with Gasteiger partial charge < -0.3 is 39.9 Å². The highest BCUT2D eigenvalue weighted by Crippen LogP contribution is 2.46. The minimum Gasteiger partial charge on any atom is -0.453 e. The first kappa shape index (κ1) is 40.7. The monoisotopic (exact) mass is 834 g/mol. The molecule has 2 saturated heterocycles. The molecular weight excluding hydrogens is 785 g/mol. The van der Waals surface area contributed by atoms with Gasteiger partial charge in [-0.05, 0) is 43.1 Å². The SMILES string of the molecule is COC(=O)N[C@H](C(=O)N1CCC[C@H]1c1ncc(-c2ccc(-c3ccc(-c4cnc([C@@H]5CCCN5C(=O)[C@@H](NC(=O)OC)C(C)C)[nH]4)c4scnc34)c3c2CC=N3)[nH]1)C(C)C. The van der Waals surface area contributed by atoms with Gasteiger partial charge in [-0.25, -0.2) is 24.5 Å². The highest BCUT2D eigenvalue weighted by Gasteiger charge is 2.39. The van der Waals surface area contributed by atoms with Crippen molar-refractivity contribution in [1.82, 2.24) is 45.4 Å². The molecule has 0 radical (unpaired) electrons. The number of ether oxygens (including phenoxy) is 2. The number of aliphatic imine (C=N–C) groups is 1. The minimum atomic E-state index is -0.712. The normalized spacial score (nSPS) is 18.3. The number of imidazole rings is 2. The maximum atomic E-state index is 13.7. The van der Waals surface area contributed by atoms with Gasteiger partial charge in [0.2, 0.25) is 11.8 Å². The summed E-state index contributed by atoms with van der Waals surface area (Å²) in [5, 5.41) is 5.42. The molecule has 8 rings (SSSR count). The van der Waals surface area contributed by atoms with E-state index in [0.717, 1.165) is 80.8 Å². The first-order valence-electron chi connectivity index (χ1n) is 20.4. The molecule has 4 amide bonds. The van der Waals surface area contributed by atoms with Crippen LogP contribution in [0.1, 0.15) is 82.7 Å². The van der Waals surface area contributed by atoms with E-state index in [1.165, 1.54) is 14.2 Å². The number of likely N-dealkylation sites (tertiary alicyclic amines) is 2. The van der Waals surface area contributed by atoms with Gasteiger partial charge in [0.05, 0.1) is 71.5 Å². The van der Waals surface area contributed by atoms with Crippen LogP contribution in [0.25, 0.3) is 43.9 Å². The summed E-state index contributed by atoms with van der Waals surface area (Å²) < 4.78 is 10.6. The Kier molecular flexibility index (Phi) is 11.4. The Labute approximate surface area is 351 Å². The number of aromatic amines is 2. The molecule has 3 aliphatic heterocycles. The molecule has 4 atom stereocenters. The van der Waals surface area contributed by atoms with E-state index in [1.807, 2.05) is 61.6 Å². The van der Waals surface area contributed by atoms with E-state index in [-0.39, 0.29) is 35.7 Å². The molecule has 314 valence electrons. The summed E-state index contributed by atoms with van der Waals surface area (Å²) in [5.74, 6) is 0.848.